The van der Waals surface area contributed by atoms with E-state index in [0.29, 0.717) is 22.4 Å². The maximum atomic E-state index is 14.9. The van der Waals surface area contributed by atoms with E-state index in [-0.39, 0.29) is 23.3 Å². The number of halogens is 2. The Hall–Kier alpha value is -3.49. The molecule has 0 heterocycles. The van der Waals surface area contributed by atoms with E-state index in [1.54, 1.807) is 31.4 Å². The van der Waals surface area contributed by atoms with Crippen LogP contribution in [0, 0.1) is 17.0 Å². The highest BCUT2D eigenvalue weighted by molar-refractivity contribution is 5.70. The number of ether oxygens (including phenoxy) is 3. The largest absolute Gasteiger partial charge is 0.497 e. The van der Waals surface area contributed by atoms with E-state index in [0.717, 1.165) is 5.56 Å². The molecule has 6 nitrogen and oxygen atoms in total. The van der Waals surface area contributed by atoms with Crippen LogP contribution >= 0.6 is 0 Å². The molecule has 0 saturated heterocycles. The maximum absolute atomic E-state index is 14.9. The molecule has 0 spiro atoms. The van der Waals surface area contributed by atoms with Crippen LogP contribution in [0.1, 0.15) is 56.1 Å². The molecule has 0 aliphatic rings. The van der Waals surface area contributed by atoms with Crippen molar-refractivity contribution in [3.05, 3.63) is 82.9 Å². The van der Waals surface area contributed by atoms with Crippen molar-refractivity contribution >= 4 is 5.97 Å². The normalized spacial score (nSPS) is 13.2. The number of aliphatic hydroxyl groups excluding tert-OH is 1. The fourth-order valence-corrected chi connectivity index (χ4v) is 4.28. The van der Waals surface area contributed by atoms with E-state index >= 15 is 0 Å². The van der Waals surface area contributed by atoms with Gasteiger partial charge in [-0.05, 0) is 52.4 Å². The van der Waals surface area contributed by atoms with Gasteiger partial charge >= 0.3 is 5.97 Å². The zero-order valence-corrected chi connectivity index (χ0v) is 21.5. The van der Waals surface area contributed by atoms with Crippen molar-refractivity contribution in [2.45, 2.75) is 46.0 Å². The molecule has 0 radical (unpaired) electrons. The highest BCUT2D eigenvalue weighted by atomic mass is 19.1. The average Bonchev–Trinajstić information content (AvgIpc) is 2.83. The minimum absolute atomic E-state index is 0.0240. The number of benzene rings is 3. The molecule has 0 aliphatic heterocycles. The van der Waals surface area contributed by atoms with Crippen LogP contribution in [-0.4, -0.2) is 30.4 Å². The Kier molecular flexibility index (Phi) is 8.89. The number of rotatable bonds is 10. The predicted octanol–water partition coefficient (Wildman–Crippen LogP) is 6.46. The number of carboxylic acids is 1. The molecule has 0 unspecified atom stereocenters. The highest BCUT2D eigenvalue weighted by Gasteiger charge is 2.29. The van der Waals surface area contributed by atoms with Gasteiger partial charge in [-0.2, -0.15) is 0 Å². The van der Waals surface area contributed by atoms with Crippen LogP contribution in [0.25, 0.3) is 11.1 Å². The second-order valence-corrected chi connectivity index (χ2v) is 9.81. The van der Waals surface area contributed by atoms with Crippen molar-refractivity contribution in [1.29, 1.82) is 0 Å². The van der Waals surface area contributed by atoms with Crippen LogP contribution < -0.4 is 9.47 Å². The average molecular weight is 515 g/mol. The first-order chi connectivity index (χ1) is 17.5. The van der Waals surface area contributed by atoms with Crippen LogP contribution in [-0.2, 0) is 16.1 Å². The minimum atomic E-state index is -1.50. The Labute approximate surface area is 215 Å². The Morgan fingerprint density at radius 2 is 1.70 bits per heavy atom. The first-order valence-corrected chi connectivity index (χ1v) is 11.8. The van der Waals surface area contributed by atoms with Crippen molar-refractivity contribution in [2.75, 3.05) is 14.2 Å². The third-order valence-corrected chi connectivity index (χ3v) is 6.00. The second-order valence-electron chi connectivity index (χ2n) is 9.81. The van der Waals surface area contributed by atoms with E-state index in [1.165, 1.54) is 31.4 Å². The van der Waals surface area contributed by atoms with Crippen LogP contribution in [0.5, 0.6) is 11.5 Å². The van der Waals surface area contributed by atoms with E-state index < -0.39 is 36.2 Å². The van der Waals surface area contributed by atoms with Gasteiger partial charge in [0.25, 0.3) is 0 Å². The molecule has 2 atom stereocenters. The Morgan fingerprint density at radius 1 is 0.973 bits per heavy atom. The van der Waals surface area contributed by atoms with Crippen molar-refractivity contribution in [1.82, 2.24) is 0 Å². The first kappa shape index (κ1) is 28.1. The molecule has 0 bridgehead atoms. The molecule has 3 aromatic carbocycles. The fourth-order valence-electron chi connectivity index (χ4n) is 4.28. The van der Waals surface area contributed by atoms with Gasteiger partial charge in [0, 0.05) is 18.2 Å². The zero-order valence-electron chi connectivity index (χ0n) is 21.5. The molecule has 8 heteroatoms. The number of hydrogen-bond acceptors (Lipinski definition) is 5. The van der Waals surface area contributed by atoms with Gasteiger partial charge in [-0.15, -0.1) is 0 Å². The molecule has 2 N–H and O–H groups in total. The summed E-state index contributed by atoms with van der Waals surface area (Å²) in [7, 11) is 3.11. The number of carbonyl (C=O) groups is 1. The van der Waals surface area contributed by atoms with Gasteiger partial charge in [0.15, 0.2) is 11.6 Å². The zero-order chi connectivity index (χ0) is 27.3. The monoisotopic (exact) mass is 514 g/mol. The van der Waals surface area contributed by atoms with Gasteiger partial charge in [0.2, 0.25) is 0 Å². The molecule has 0 saturated carbocycles. The summed E-state index contributed by atoms with van der Waals surface area (Å²) in [5, 5.41) is 19.0. The number of aliphatic hydroxyl groups is 1. The van der Waals surface area contributed by atoms with Crippen LogP contribution in [0.15, 0.2) is 54.6 Å². The lowest BCUT2D eigenvalue weighted by Crippen LogP contribution is -2.21. The van der Waals surface area contributed by atoms with Gasteiger partial charge < -0.3 is 24.4 Å². The van der Waals surface area contributed by atoms with Gasteiger partial charge in [0.05, 0.1) is 25.7 Å². The smallest absolute Gasteiger partial charge is 0.306 e. The standard InChI is InChI=1S/C29H32F2O6/c1-29(2,3)28(36-5)22-13-17(9-11-19(22)21-14-18(35-4)10-12-23(21)30)16-37-25-8-6-7-20(27(25)31)24(32)15-26(33)34/h6-14,24,28,32H,15-16H2,1-5H3,(H,33,34)/t24-,28-/m1/s1. The second kappa shape index (κ2) is 11.7. The van der Waals surface area contributed by atoms with Gasteiger partial charge in [-0.25, -0.2) is 8.78 Å². The molecular weight excluding hydrogens is 482 g/mol. The van der Waals surface area contributed by atoms with Crippen molar-refractivity contribution in [3.63, 3.8) is 0 Å². The summed E-state index contributed by atoms with van der Waals surface area (Å²) in [6.45, 7) is 6.02. The Balaban J connectivity index is 1.99. The Morgan fingerprint density at radius 3 is 2.32 bits per heavy atom. The summed E-state index contributed by atoms with van der Waals surface area (Å²) in [6, 6.07) is 14.1. The summed E-state index contributed by atoms with van der Waals surface area (Å²) >= 11 is 0. The van der Waals surface area contributed by atoms with Gasteiger partial charge in [-0.1, -0.05) is 45.0 Å². The van der Waals surface area contributed by atoms with Crippen molar-refractivity contribution < 1.29 is 38.0 Å². The summed E-state index contributed by atoms with van der Waals surface area (Å²) < 4.78 is 46.7. The molecule has 0 aromatic heterocycles. The van der Waals surface area contributed by atoms with E-state index in [9.17, 15) is 18.7 Å². The highest BCUT2D eigenvalue weighted by Crippen LogP contribution is 2.42. The van der Waals surface area contributed by atoms with Crippen LogP contribution in [0.4, 0.5) is 8.78 Å². The molecule has 198 valence electrons. The number of aliphatic carboxylic acids is 1. The summed E-state index contributed by atoms with van der Waals surface area (Å²) in [6.07, 6.45) is -2.53. The number of methoxy groups -OCH3 is 2. The molecule has 3 rings (SSSR count). The topological polar surface area (TPSA) is 85.2 Å². The third-order valence-electron chi connectivity index (χ3n) is 6.00. The van der Waals surface area contributed by atoms with Crippen molar-refractivity contribution in [2.24, 2.45) is 5.41 Å². The number of carboxylic acid groups (broad SMARTS) is 1. The summed E-state index contributed by atoms with van der Waals surface area (Å²) in [5.74, 6) is -2.08. The lowest BCUT2D eigenvalue weighted by Gasteiger charge is -2.32. The maximum Gasteiger partial charge on any atom is 0.306 e. The molecule has 3 aromatic rings. The first-order valence-electron chi connectivity index (χ1n) is 11.8. The predicted molar refractivity (Wildman–Crippen MR) is 136 cm³/mol. The van der Waals surface area contributed by atoms with Crippen molar-refractivity contribution in [3.8, 4) is 22.6 Å². The van der Waals surface area contributed by atoms with Crippen LogP contribution in [0.3, 0.4) is 0 Å². The molecular formula is C29H32F2O6. The van der Waals surface area contributed by atoms with Crippen LogP contribution in [0.2, 0.25) is 0 Å². The van der Waals surface area contributed by atoms with Gasteiger partial charge in [0.1, 0.15) is 18.2 Å². The fraction of sp³-hybridized carbons (Fsp3) is 0.345. The minimum Gasteiger partial charge on any atom is -0.497 e. The summed E-state index contributed by atoms with van der Waals surface area (Å²) in [5.41, 5.74) is 1.92. The molecule has 0 amide bonds. The lowest BCUT2D eigenvalue weighted by molar-refractivity contribution is -0.139. The Bertz CT molecular complexity index is 1250. The molecule has 0 aliphatic carbocycles. The molecule has 0 fully saturated rings. The van der Waals surface area contributed by atoms with E-state index in [2.05, 4.69) is 0 Å². The van der Waals surface area contributed by atoms with E-state index in [1.807, 2.05) is 26.8 Å². The van der Waals surface area contributed by atoms with E-state index in [4.69, 9.17) is 19.3 Å². The quantitative estimate of drug-likeness (QED) is 0.323. The SMILES string of the molecule is COc1ccc(F)c(-c2ccc(COc3cccc([C@H](O)CC(=O)O)c3F)cc2[C@@H](OC)C(C)(C)C)c1. The third kappa shape index (κ3) is 6.64. The lowest BCUT2D eigenvalue weighted by atomic mass is 9.81. The number of hydrogen-bond donors (Lipinski definition) is 2. The van der Waals surface area contributed by atoms with Gasteiger partial charge in [-0.3, -0.25) is 4.79 Å². The summed E-state index contributed by atoms with van der Waals surface area (Å²) in [4.78, 5) is 10.9. The molecule has 37 heavy (non-hydrogen) atoms.